The quantitative estimate of drug-likeness (QED) is 0.857. The van der Waals surface area contributed by atoms with Crippen LogP contribution in [-0.2, 0) is 12.0 Å². The zero-order valence-corrected chi connectivity index (χ0v) is 16.0. The van der Waals surface area contributed by atoms with Crippen molar-refractivity contribution in [2.75, 3.05) is 18.4 Å². The Bertz CT molecular complexity index is 761. The molecule has 2 N–H and O–H groups in total. The van der Waals surface area contributed by atoms with Gasteiger partial charge in [-0.2, -0.15) is 4.98 Å². The van der Waals surface area contributed by atoms with Crippen LogP contribution in [0.4, 0.5) is 14.9 Å². The summed E-state index contributed by atoms with van der Waals surface area (Å²) in [6.45, 7) is 8.46. The molecule has 0 radical (unpaired) electrons. The zero-order valence-electron chi connectivity index (χ0n) is 16.0. The third-order valence-electron chi connectivity index (χ3n) is 4.50. The Morgan fingerprint density at radius 1 is 1.26 bits per heavy atom. The number of nitrogens with one attached hydrogen (secondary N) is 2. The molecule has 1 aromatic heterocycles. The van der Waals surface area contributed by atoms with E-state index in [1.54, 1.807) is 0 Å². The number of likely N-dealkylation sites (tertiary alicyclic amines) is 1. The standard InChI is InChI=1S/C19H26FN5O2/c1-19(2,3)17-23-16(24-27-17)12-25-10-8-15(9-11-25)22-18(26)21-14-6-4-13(20)5-7-14/h4-7,15H,8-12H2,1-3H3,(H2,21,22,26). The van der Waals surface area contributed by atoms with Gasteiger partial charge in [-0.25, -0.2) is 9.18 Å². The van der Waals surface area contributed by atoms with E-state index in [0.29, 0.717) is 23.9 Å². The molecule has 0 unspecified atom stereocenters. The van der Waals surface area contributed by atoms with E-state index in [2.05, 4.69) is 25.7 Å². The number of halogens is 1. The second kappa shape index (κ2) is 8.04. The Morgan fingerprint density at radius 2 is 1.93 bits per heavy atom. The van der Waals surface area contributed by atoms with E-state index < -0.39 is 0 Å². The minimum atomic E-state index is -0.329. The van der Waals surface area contributed by atoms with Crippen LogP contribution in [0.3, 0.4) is 0 Å². The molecule has 8 heteroatoms. The van der Waals surface area contributed by atoms with Crippen LogP contribution < -0.4 is 10.6 Å². The maximum atomic E-state index is 12.9. The highest BCUT2D eigenvalue weighted by Crippen LogP contribution is 2.20. The molecule has 1 fully saturated rings. The van der Waals surface area contributed by atoms with Gasteiger partial charge in [0.1, 0.15) is 5.82 Å². The van der Waals surface area contributed by atoms with E-state index >= 15 is 0 Å². The van der Waals surface area contributed by atoms with Crippen LogP contribution >= 0.6 is 0 Å². The molecule has 1 aliphatic heterocycles. The third kappa shape index (κ3) is 5.50. The first-order chi connectivity index (χ1) is 12.8. The molecule has 2 amide bonds. The van der Waals surface area contributed by atoms with Crippen LogP contribution in [0.5, 0.6) is 0 Å². The SMILES string of the molecule is CC(C)(C)c1nc(CN2CCC(NC(=O)Nc3ccc(F)cc3)CC2)no1. The van der Waals surface area contributed by atoms with Gasteiger partial charge in [-0.3, -0.25) is 4.90 Å². The molecule has 146 valence electrons. The van der Waals surface area contributed by atoms with E-state index in [-0.39, 0.29) is 23.3 Å². The summed E-state index contributed by atoms with van der Waals surface area (Å²) in [5.74, 6) is 1.01. The van der Waals surface area contributed by atoms with Gasteiger partial charge in [-0.05, 0) is 37.1 Å². The van der Waals surface area contributed by atoms with E-state index in [1.807, 2.05) is 20.8 Å². The molecule has 0 atom stereocenters. The highest BCUT2D eigenvalue weighted by atomic mass is 19.1. The first-order valence-corrected chi connectivity index (χ1v) is 9.18. The van der Waals surface area contributed by atoms with Gasteiger partial charge in [0, 0.05) is 30.2 Å². The Labute approximate surface area is 158 Å². The van der Waals surface area contributed by atoms with Gasteiger partial charge in [0.15, 0.2) is 5.82 Å². The van der Waals surface area contributed by atoms with Gasteiger partial charge in [-0.15, -0.1) is 0 Å². The highest BCUT2D eigenvalue weighted by Gasteiger charge is 2.25. The number of piperidine rings is 1. The number of anilines is 1. The summed E-state index contributed by atoms with van der Waals surface area (Å²) in [4.78, 5) is 18.8. The minimum Gasteiger partial charge on any atom is -0.339 e. The third-order valence-corrected chi connectivity index (χ3v) is 4.50. The normalized spacial score (nSPS) is 16.3. The maximum absolute atomic E-state index is 12.9. The average Bonchev–Trinajstić information content (AvgIpc) is 3.08. The van der Waals surface area contributed by atoms with Gasteiger partial charge in [0.05, 0.1) is 6.54 Å². The topological polar surface area (TPSA) is 83.3 Å². The molecular formula is C19H26FN5O2. The zero-order chi connectivity index (χ0) is 19.4. The van der Waals surface area contributed by atoms with Crippen LogP contribution in [0.2, 0.25) is 0 Å². The number of carbonyl (C=O) groups excluding carboxylic acids is 1. The Balaban J connectivity index is 1.42. The Hall–Kier alpha value is -2.48. The summed E-state index contributed by atoms with van der Waals surface area (Å²) in [6.07, 6.45) is 1.70. The van der Waals surface area contributed by atoms with E-state index in [0.717, 1.165) is 25.9 Å². The molecule has 3 rings (SSSR count). The lowest BCUT2D eigenvalue weighted by molar-refractivity contribution is 0.184. The van der Waals surface area contributed by atoms with Crippen molar-refractivity contribution in [3.63, 3.8) is 0 Å². The van der Waals surface area contributed by atoms with Crippen molar-refractivity contribution in [1.82, 2.24) is 20.4 Å². The monoisotopic (exact) mass is 375 g/mol. The van der Waals surface area contributed by atoms with Crippen molar-refractivity contribution in [3.8, 4) is 0 Å². The molecule has 2 heterocycles. The first-order valence-electron chi connectivity index (χ1n) is 9.18. The fraction of sp³-hybridized carbons (Fsp3) is 0.526. The van der Waals surface area contributed by atoms with Crippen LogP contribution in [0, 0.1) is 5.82 Å². The second-order valence-corrected chi connectivity index (χ2v) is 7.92. The summed E-state index contributed by atoms with van der Waals surface area (Å²) >= 11 is 0. The van der Waals surface area contributed by atoms with Gasteiger partial charge >= 0.3 is 6.03 Å². The summed E-state index contributed by atoms with van der Waals surface area (Å²) in [5, 5.41) is 9.75. The fourth-order valence-corrected chi connectivity index (χ4v) is 2.94. The van der Waals surface area contributed by atoms with Crippen molar-refractivity contribution >= 4 is 11.7 Å². The van der Waals surface area contributed by atoms with Crippen molar-refractivity contribution < 1.29 is 13.7 Å². The maximum Gasteiger partial charge on any atom is 0.319 e. The van der Waals surface area contributed by atoms with Gasteiger partial charge in [0.2, 0.25) is 5.89 Å². The number of hydrogen-bond acceptors (Lipinski definition) is 5. The number of benzene rings is 1. The molecule has 1 saturated heterocycles. The number of nitrogens with zero attached hydrogens (tertiary/aromatic N) is 3. The van der Waals surface area contributed by atoms with Crippen LogP contribution in [0.1, 0.15) is 45.3 Å². The average molecular weight is 375 g/mol. The van der Waals surface area contributed by atoms with Gasteiger partial charge in [0.25, 0.3) is 0 Å². The lowest BCUT2D eigenvalue weighted by Crippen LogP contribution is -2.45. The number of aromatic nitrogens is 2. The fourth-order valence-electron chi connectivity index (χ4n) is 2.94. The molecule has 1 aromatic carbocycles. The van der Waals surface area contributed by atoms with Crippen LogP contribution in [0.25, 0.3) is 0 Å². The van der Waals surface area contributed by atoms with Crippen LogP contribution in [0.15, 0.2) is 28.8 Å². The predicted octanol–water partition coefficient (Wildman–Crippen LogP) is 3.29. The Kier molecular flexibility index (Phi) is 5.74. The van der Waals surface area contributed by atoms with E-state index in [4.69, 9.17) is 4.52 Å². The van der Waals surface area contributed by atoms with Crippen molar-refractivity contribution in [3.05, 3.63) is 41.8 Å². The molecule has 0 spiro atoms. The van der Waals surface area contributed by atoms with Gasteiger partial charge < -0.3 is 15.2 Å². The largest absolute Gasteiger partial charge is 0.339 e. The van der Waals surface area contributed by atoms with E-state index in [1.165, 1.54) is 24.3 Å². The van der Waals surface area contributed by atoms with E-state index in [9.17, 15) is 9.18 Å². The van der Waals surface area contributed by atoms with Crippen molar-refractivity contribution in [2.45, 2.75) is 51.6 Å². The summed E-state index contributed by atoms with van der Waals surface area (Å²) in [6, 6.07) is 5.54. The second-order valence-electron chi connectivity index (χ2n) is 7.92. The van der Waals surface area contributed by atoms with Crippen LogP contribution in [-0.4, -0.2) is 40.2 Å². The lowest BCUT2D eigenvalue weighted by Gasteiger charge is -2.31. The minimum absolute atomic E-state index is 0.108. The van der Waals surface area contributed by atoms with Crippen molar-refractivity contribution in [2.24, 2.45) is 0 Å². The number of hydrogen-bond donors (Lipinski definition) is 2. The number of rotatable bonds is 4. The van der Waals surface area contributed by atoms with Crippen molar-refractivity contribution in [1.29, 1.82) is 0 Å². The molecule has 2 aromatic rings. The molecule has 0 saturated carbocycles. The number of carbonyl (C=O) groups is 1. The molecule has 0 aliphatic carbocycles. The number of amides is 2. The first kappa shape index (κ1) is 19.3. The molecular weight excluding hydrogens is 349 g/mol. The smallest absolute Gasteiger partial charge is 0.319 e. The summed E-state index contributed by atoms with van der Waals surface area (Å²) < 4.78 is 18.2. The lowest BCUT2D eigenvalue weighted by atomic mass is 9.97. The summed E-state index contributed by atoms with van der Waals surface area (Å²) in [7, 11) is 0. The van der Waals surface area contributed by atoms with Gasteiger partial charge in [-0.1, -0.05) is 25.9 Å². The molecule has 7 nitrogen and oxygen atoms in total. The highest BCUT2D eigenvalue weighted by molar-refractivity contribution is 5.89. The predicted molar refractivity (Wildman–Crippen MR) is 99.9 cm³/mol. The summed E-state index contributed by atoms with van der Waals surface area (Å²) in [5.41, 5.74) is 0.415. The molecule has 1 aliphatic rings. The number of urea groups is 1. The Morgan fingerprint density at radius 3 is 2.52 bits per heavy atom. The molecule has 27 heavy (non-hydrogen) atoms. The molecule has 0 bridgehead atoms.